The van der Waals surface area contributed by atoms with Crippen LogP contribution in [-0.2, 0) is 30.9 Å². The van der Waals surface area contributed by atoms with Crippen LogP contribution in [0.25, 0.3) is 6.08 Å². The summed E-state index contributed by atoms with van der Waals surface area (Å²) < 4.78 is 40.9. The van der Waals surface area contributed by atoms with E-state index < -0.39 is 21.7 Å². The summed E-state index contributed by atoms with van der Waals surface area (Å²) in [7, 11) is -3.85. The normalized spacial score (nSPS) is 21.8. The van der Waals surface area contributed by atoms with Crippen molar-refractivity contribution in [2.75, 3.05) is 6.54 Å². The molecular formula is C31H31NO5S. The zero-order chi connectivity index (χ0) is 26.6. The molecule has 2 atom stereocenters. The van der Waals surface area contributed by atoms with Crippen LogP contribution in [0.15, 0.2) is 108 Å². The fourth-order valence-corrected chi connectivity index (χ4v) is 6.78. The molecule has 3 aromatic carbocycles. The molecule has 2 heterocycles. The van der Waals surface area contributed by atoms with E-state index in [9.17, 15) is 13.2 Å². The van der Waals surface area contributed by atoms with Crippen molar-refractivity contribution in [2.24, 2.45) is 5.92 Å². The summed E-state index contributed by atoms with van der Waals surface area (Å²) in [6, 6.07) is 26.1. The molecule has 0 aromatic heterocycles. The van der Waals surface area contributed by atoms with Crippen LogP contribution in [0.2, 0.25) is 0 Å². The lowest BCUT2D eigenvalue weighted by atomic mass is 9.91. The summed E-state index contributed by atoms with van der Waals surface area (Å²) in [5.41, 5.74) is 1.68. The molecule has 0 amide bonds. The Labute approximate surface area is 224 Å². The molecule has 196 valence electrons. The van der Waals surface area contributed by atoms with Gasteiger partial charge in [0.05, 0.1) is 4.90 Å². The van der Waals surface area contributed by atoms with E-state index in [-0.39, 0.29) is 23.2 Å². The summed E-state index contributed by atoms with van der Waals surface area (Å²) in [5.74, 6) is -0.788. The molecule has 2 aliphatic rings. The third-order valence-corrected chi connectivity index (χ3v) is 8.93. The summed E-state index contributed by atoms with van der Waals surface area (Å²) in [6.07, 6.45) is 7.24. The number of ether oxygens (including phenoxy) is 2. The lowest BCUT2D eigenvalue weighted by Crippen LogP contribution is -2.52. The molecule has 5 rings (SSSR count). The number of esters is 1. The molecule has 1 fully saturated rings. The second kappa shape index (κ2) is 11.0. The summed E-state index contributed by atoms with van der Waals surface area (Å²) in [6.45, 7) is 2.33. The quantitative estimate of drug-likeness (QED) is 0.359. The van der Waals surface area contributed by atoms with Crippen LogP contribution in [0, 0.1) is 12.8 Å². The van der Waals surface area contributed by atoms with Crippen LogP contribution in [-0.4, -0.2) is 31.0 Å². The minimum atomic E-state index is -3.85. The van der Waals surface area contributed by atoms with Crippen LogP contribution in [0.1, 0.15) is 36.0 Å². The molecule has 6 nitrogen and oxygen atoms in total. The van der Waals surface area contributed by atoms with Crippen LogP contribution >= 0.6 is 0 Å². The summed E-state index contributed by atoms with van der Waals surface area (Å²) in [4.78, 5) is 13.4. The highest BCUT2D eigenvalue weighted by Gasteiger charge is 2.53. The highest BCUT2D eigenvalue weighted by molar-refractivity contribution is 7.89. The van der Waals surface area contributed by atoms with Gasteiger partial charge in [-0.15, -0.1) is 0 Å². The largest absolute Gasteiger partial charge is 0.464 e. The maximum Gasteiger partial charge on any atom is 0.373 e. The zero-order valence-electron chi connectivity index (χ0n) is 21.3. The van der Waals surface area contributed by atoms with Crippen molar-refractivity contribution >= 4 is 22.1 Å². The Hall–Kier alpha value is -3.68. The highest BCUT2D eigenvalue weighted by Crippen LogP contribution is 2.45. The molecular weight excluding hydrogens is 498 g/mol. The van der Waals surface area contributed by atoms with Crippen molar-refractivity contribution in [3.63, 3.8) is 0 Å². The first-order valence-electron chi connectivity index (χ1n) is 12.8. The van der Waals surface area contributed by atoms with Crippen LogP contribution in [0.5, 0.6) is 0 Å². The Morgan fingerprint density at radius 3 is 2.42 bits per heavy atom. The number of rotatable bonds is 7. The predicted octanol–water partition coefficient (Wildman–Crippen LogP) is 5.85. The van der Waals surface area contributed by atoms with E-state index >= 15 is 0 Å². The van der Waals surface area contributed by atoms with Gasteiger partial charge in [0.15, 0.2) is 5.72 Å². The van der Waals surface area contributed by atoms with Gasteiger partial charge < -0.3 is 9.47 Å². The van der Waals surface area contributed by atoms with E-state index in [0.29, 0.717) is 25.8 Å². The van der Waals surface area contributed by atoms with Crippen molar-refractivity contribution in [2.45, 2.75) is 43.4 Å². The van der Waals surface area contributed by atoms with Gasteiger partial charge in [0.25, 0.3) is 0 Å². The Bertz CT molecular complexity index is 1430. The summed E-state index contributed by atoms with van der Waals surface area (Å²) in [5, 5.41) is 0. The first-order valence-corrected chi connectivity index (χ1v) is 14.2. The molecule has 0 unspecified atom stereocenters. The minimum absolute atomic E-state index is 0.0425. The first-order chi connectivity index (χ1) is 18.4. The molecule has 3 aromatic rings. The smallest absolute Gasteiger partial charge is 0.373 e. The van der Waals surface area contributed by atoms with Gasteiger partial charge in [-0.05, 0) is 42.7 Å². The summed E-state index contributed by atoms with van der Waals surface area (Å²) >= 11 is 0. The second-order valence-electron chi connectivity index (χ2n) is 9.77. The lowest BCUT2D eigenvalue weighted by Gasteiger charge is -2.42. The molecule has 0 bridgehead atoms. The van der Waals surface area contributed by atoms with Gasteiger partial charge in [-0.1, -0.05) is 90.5 Å². The molecule has 1 spiro atoms. The number of carbonyl (C=O) groups is 1. The first kappa shape index (κ1) is 25.9. The number of sulfonamides is 1. The molecule has 2 aliphatic heterocycles. The zero-order valence-corrected chi connectivity index (χ0v) is 22.1. The van der Waals surface area contributed by atoms with E-state index in [1.165, 1.54) is 4.31 Å². The van der Waals surface area contributed by atoms with Gasteiger partial charge in [0.1, 0.15) is 6.61 Å². The third-order valence-electron chi connectivity index (χ3n) is 6.96. The fraction of sp³-hybridized carbons (Fsp3) is 0.258. The van der Waals surface area contributed by atoms with Crippen molar-refractivity contribution in [1.82, 2.24) is 4.31 Å². The maximum absolute atomic E-state index is 13.8. The molecule has 0 aliphatic carbocycles. The minimum Gasteiger partial charge on any atom is -0.464 e. The maximum atomic E-state index is 13.8. The van der Waals surface area contributed by atoms with Crippen molar-refractivity contribution in [1.29, 1.82) is 0 Å². The number of nitrogens with zero attached hydrogens (tertiary/aromatic N) is 1. The number of hydrogen-bond donors (Lipinski definition) is 0. The van der Waals surface area contributed by atoms with Crippen LogP contribution in [0.4, 0.5) is 0 Å². The van der Waals surface area contributed by atoms with Crippen molar-refractivity contribution < 1.29 is 22.7 Å². The van der Waals surface area contributed by atoms with Gasteiger partial charge in [-0.25, -0.2) is 13.2 Å². The van der Waals surface area contributed by atoms with Crippen molar-refractivity contribution in [3.8, 4) is 0 Å². The second-order valence-corrected chi connectivity index (χ2v) is 11.6. The van der Waals surface area contributed by atoms with Crippen molar-refractivity contribution in [3.05, 3.63) is 120 Å². The molecule has 38 heavy (non-hydrogen) atoms. The molecule has 1 saturated heterocycles. The van der Waals surface area contributed by atoms with Gasteiger partial charge in [-0.3, -0.25) is 0 Å². The Morgan fingerprint density at radius 1 is 1.03 bits per heavy atom. The third kappa shape index (κ3) is 5.59. The Kier molecular flexibility index (Phi) is 7.49. The SMILES string of the molecule is Cc1ccc(S(=O)(=O)N2CCC[C@@]23C[C@@H](/C=C/c2ccccc2)C=C(C(=O)OCc2ccccc2)O3)cc1. The standard InChI is InChI=1S/C31H31NO5S/c1-24-13-17-28(18-14-24)38(34,35)32-20-8-19-31(32)22-27(16-15-25-9-4-2-5-10-25)21-29(37-31)30(33)36-23-26-11-6-3-7-12-26/h2-7,9-18,21,27H,8,19-20,22-23H2,1H3/b16-15+/t27-,31+/m0/s1. The topological polar surface area (TPSA) is 72.9 Å². The van der Waals surface area contributed by atoms with Gasteiger partial charge >= 0.3 is 5.97 Å². The van der Waals surface area contributed by atoms with E-state index in [1.54, 1.807) is 30.3 Å². The fourth-order valence-electron chi connectivity index (χ4n) is 5.04. The molecule has 7 heteroatoms. The monoisotopic (exact) mass is 529 g/mol. The number of aryl methyl sites for hydroxylation is 1. The number of allylic oxidation sites excluding steroid dienone is 2. The number of benzene rings is 3. The molecule has 0 saturated carbocycles. The van der Waals surface area contributed by atoms with E-state index in [0.717, 1.165) is 16.7 Å². The Balaban J connectivity index is 1.46. The number of carbonyl (C=O) groups excluding carboxylic acids is 1. The average Bonchev–Trinajstić information content (AvgIpc) is 3.34. The molecule has 0 radical (unpaired) electrons. The Morgan fingerprint density at radius 2 is 1.71 bits per heavy atom. The van der Waals surface area contributed by atoms with Crippen LogP contribution in [0.3, 0.4) is 0 Å². The van der Waals surface area contributed by atoms with Crippen LogP contribution < -0.4 is 0 Å². The average molecular weight is 530 g/mol. The van der Waals surface area contributed by atoms with E-state index in [1.807, 2.05) is 79.7 Å². The highest BCUT2D eigenvalue weighted by atomic mass is 32.2. The van der Waals surface area contributed by atoms with E-state index in [2.05, 4.69) is 0 Å². The molecule has 0 N–H and O–H groups in total. The van der Waals surface area contributed by atoms with Gasteiger partial charge in [0.2, 0.25) is 15.8 Å². The van der Waals surface area contributed by atoms with E-state index in [4.69, 9.17) is 9.47 Å². The van der Waals surface area contributed by atoms with Gasteiger partial charge in [0, 0.05) is 25.3 Å². The predicted molar refractivity (Wildman–Crippen MR) is 146 cm³/mol. The lowest BCUT2D eigenvalue weighted by molar-refractivity contribution is -0.155. The van der Waals surface area contributed by atoms with Gasteiger partial charge in [-0.2, -0.15) is 4.31 Å². The number of hydrogen-bond acceptors (Lipinski definition) is 5.